The first-order chi connectivity index (χ1) is 9.72. The highest BCUT2D eigenvalue weighted by Crippen LogP contribution is 2.32. The highest BCUT2D eigenvalue weighted by molar-refractivity contribution is 5.40. The highest BCUT2D eigenvalue weighted by Gasteiger charge is 2.16. The lowest BCUT2D eigenvalue weighted by atomic mass is 9.91. The first-order valence-corrected chi connectivity index (χ1v) is 8.11. The summed E-state index contributed by atoms with van der Waals surface area (Å²) < 4.78 is 5.55. The summed E-state index contributed by atoms with van der Waals surface area (Å²) >= 11 is 0. The molecule has 1 fully saturated rings. The summed E-state index contributed by atoms with van der Waals surface area (Å²) in [5.74, 6) is 2.20. The van der Waals surface area contributed by atoms with E-state index in [1.54, 1.807) is 7.11 Å². The van der Waals surface area contributed by atoms with Crippen LogP contribution in [0, 0.1) is 0 Å². The van der Waals surface area contributed by atoms with Crippen LogP contribution in [-0.2, 0) is 0 Å². The number of hydrogen-bond donors (Lipinski definition) is 1. The molecule has 20 heavy (non-hydrogen) atoms. The van der Waals surface area contributed by atoms with E-state index in [1.807, 2.05) is 13.8 Å². The molecule has 1 aromatic carbocycles. The number of methoxy groups -OCH3 is 1. The van der Waals surface area contributed by atoms with Gasteiger partial charge in [0.15, 0.2) is 0 Å². The van der Waals surface area contributed by atoms with Crippen LogP contribution in [0.3, 0.4) is 0 Å². The number of rotatable bonds is 3. The van der Waals surface area contributed by atoms with E-state index < -0.39 is 0 Å². The third kappa shape index (κ3) is 4.52. The van der Waals surface area contributed by atoms with Crippen LogP contribution in [0.4, 0.5) is 0 Å². The van der Waals surface area contributed by atoms with E-state index in [4.69, 9.17) is 4.74 Å². The molecule has 1 atom stereocenters. The normalized spacial score (nSPS) is 19.0. The van der Waals surface area contributed by atoms with Crippen LogP contribution >= 0.6 is 0 Å². The standard InChI is InChI=1S/C16H25NO.C2H6/c1-12(2)15-8-7-13(10-16(15)18-3)14-6-4-5-9-17-11-14;1-2/h7-8,10,12,14,17H,4-6,9,11H2,1-3H3;1-2H3. The molecule has 1 N–H and O–H groups in total. The van der Waals surface area contributed by atoms with Crippen LogP contribution in [0.25, 0.3) is 0 Å². The summed E-state index contributed by atoms with van der Waals surface area (Å²) in [4.78, 5) is 0. The van der Waals surface area contributed by atoms with Gasteiger partial charge in [-0.05, 0) is 48.4 Å². The average molecular weight is 277 g/mol. The minimum atomic E-state index is 0.515. The minimum Gasteiger partial charge on any atom is -0.496 e. The number of benzene rings is 1. The third-order valence-corrected chi connectivity index (χ3v) is 3.90. The summed E-state index contributed by atoms with van der Waals surface area (Å²) in [6, 6.07) is 6.77. The fraction of sp³-hybridized carbons (Fsp3) is 0.667. The van der Waals surface area contributed by atoms with E-state index in [0.29, 0.717) is 11.8 Å². The lowest BCUT2D eigenvalue weighted by Crippen LogP contribution is -2.19. The zero-order valence-electron chi connectivity index (χ0n) is 13.8. The third-order valence-electron chi connectivity index (χ3n) is 3.90. The molecule has 1 heterocycles. The van der Waals surface area contributed by atoms with Crippen LogP contribution in [0.5, 0.6) is 5.75 Å². The zero-order valence-corrected chi connectivity index (χ0v) is 13.8. The van der Waals surface area contributed by atoms with Gasteiger partial charge in [-0.25, -0.2) is 0 Å². The van der Waals surface area contributed by atoms with Gasteiger partial charge in [-0.1, -0.05) is 46.2 Å². The second kappa shape index (κ2) is 9.02. The molecule has 1 aromatic rings. The largest absolute Gasteiger partial charge is 0.496 e. The molecule has 0 saturated carbocycles. The van der Waals surface area contributed by atoms with Crippen molar-refractivity contribution in [2.24, 2.45) is 0 Å². The Kier molecular flexibility index (Phi) is 7.68. The minimum absolute atomic E-state index is 0.515. The Hall–Kier alpha value is -1.02. The first kappa shape index (κ1) is 17.0. The maximum atomic E-state index is 5.55. The molecule has 0 amide bonds. The van der Waals surface area contributed by atoms with Crippen molar-refractivity contribution in [2.75, 3.05) is 20.2 Å². The lowest BCUT2D eigenvalue weighted by molar-refractivity contribution is 0.406. The predicted octanol–water partition coefficient (Wildman–Crippen LogP) is 4.70. The highest BCUT2D eigenvalue weighted by atomic mass is 16.5. The summed E-state index contributed by atoms with van der Waals surface area (Å²) in [6.07, 6.45) is 3.92. The maximum absolute atomic E-state index is 5.55. The van der Waals surface area contributed by atoms with Crippen LogP contribution in [-0.4, -0.2) is 20.2 Å². The summed E-state index contributed by atoms with van der Waals surface area (Å²) in [5.41, 5.74) is 2.73. The van der Waals surface area contributed by atoms with E-state index >= 15 is 0 Å². The van der Waals surface area contributed by atoms with E-state index in [9.17, 15) is 0 Å². The Morgan fingerprint density at radius 1 is 1.20 bits per heavy atom. The van der Waals surface area contributed by atoms with Gasteiger partial charge in [-0.15, -0.1) is 0 Å². The number of hydrogen-bond acceptors (Lipinski definition) is 2. The number of ether oxygens (including phenoxy) is 1. The van der Waals surface area contributed by atoms with Crippen LogP contribution in [0.15, 0.2) is 18.2 Å². The maximum Gasteiger partial charge on any atom is 0.122 e. The number of nitrogens with one attached hydrogen (secondary N) is 1. The Morgan fingerprint density at radius 3 is 2.60 bits per heavy atom. The van der Waals surface area contributed by atoms with Gasteiger partial charge in [0.2, 0.25) is 0 Å². The van der Waals surface area contributed by atoms with Crippen molar-refractivity contribution < 1.29 is 4.74 Å². The molecule has 1 aliphatic rings. The van der Waals surface area contributed by atoms with Gasteiger partial charge >= 0.3 is 0 Å². The smallest absolute Gasteiger partial charge is 0.122 e. The van der Waals surface area contributed by atoms with Crippen LogP contribution < -0.4 is 10.1 Å². The molecule has 1 saturated heterocycles. The van der Waals surface area contributed by atoms with Gasteiger partial charge in [-0.3, -0.25) is 0 Å². The topological polar surface area (TPSA) is 21.3 Å². The predicted molar refractivity (Wildman–Crippen MR) is 87.9 cm³/mol. The van der Waals surface area contributed by atoms with Crippen molar-refractivity contribution in [3.05, 3.63) is 29.3 Å². The molecule has 2 nitrogen and oxygen atoms in total. The summed E-state index contributed by atoms with van der Waals surface area (Å²) in [6.45, 7) is 10.7. The SMILES string of the molecule is CC.COc1cc(C2CCCCNC2)ccc1C(C)C. The molecule has 0 spiro atoms. The fourth-order valence-electron chi connectivity index (χ4n) is 2.76. The van der Waals surface area contributed by atoms with E-state index in [-0.39, 0.29) is 0 Å². The van der Waals surface area contributed by atoms with Crippen molar-refractivity contribution in [1.82, 2.24) is 5.32 Å². The molecule has 0 radical (unpaired) electrons. The molecule has 0 aromatic heterocycles. The van der Waals surface area contributed by atoms with Gasteiger partial charge in [0.25, 0.3) is 0 Å². The van der Waals surface area contributed by atoms with Crippen molar-refractivity contribution in [3.8, 4) is 5.75 Å². The average Bonchev–Trinajstić information content (AvgIpc) is 2.77. The summed E-state index contributed by atoms with van der Waals surface area (Å²) in [5, 5.41) is 3.53. The molecule has 1 unspecified atom stereocenters. The quantitative estimate of drug-likeness (QED) is 0.864. The van der Waals surface area contributed by atoms with E-state index in [0.717, 1.165) is 18.8 Å². The fourth-order valence-corrected chi connectivity index (χ4v) is 2.76. The first-order valence-electron chi connectivity index (χ1n) is 8.11. The van der Waals surface area contributed by atoms with Crippen molar-refractivity contribution in [2.45, 2.75) is 58.8 Å². The van der Waals surface area contributed by atoms with Gasteiger partial charge in [0, 0.05) is 6.54 Å². The zero-order chi connectivity index (χ0) is 15.0. The molecule has 0 bridgehead atoms. The second-order valence-corrected chi connectivity index (χ2v) is 5.55. The Labute approximate surface area is 124 Å². The monoisotopic (exact) mass is 277 g/mol. The van der Waals surface area contributed by atoms with E-state index in [1.165, 1.54) is 30.4 Å². The van der Waals surface area contributed by atoms with Crippen molar-refractivity contribution in [1.29, 1.82) is 0 Å². The van der Waals surface area contributed by atoms with Crippen LogP contribution in [0.2, 0.25) is 0 Å². The molecule has 0 aliphatic carbocycles. The Bertz CT molecular complexity index is 379. The molecule has 114 valence electrons. The molecular weight excluding hydrogens is 246 g/mol. The van der Waals surface area contributed by atoms with Gasteiger partial charge in [-0.2, -0.15) is 0 Å². The Morgan fingerprint density at radius 2 is 1.95 bits per heavy atom. The lowest BCUT2D eigenvalue weighted by Gasteiger charge is -2.18. The van der Waals surface area contributed by atoms with Gasteiger partial charge in [0.05, 0.1) is 7.11 Å². The Balaban J connectivity index is 0.000000956. The van der Waals surface area contributed by atoms with Gasteiger partial charge < -0.3 is 10.1 Å². The van der Waals surface area contributed by atoms with E-state index in [2.05, 4.69) is 37.4 Å². The molecule has 2 heteroatoms. The molecule has 1 aliphatic heterocycles. The molecular formula is C18H31NO. The van der Waals surface area contributed by atoms with Crippen molar-refractivity contribution in [3.63, 3.8) is 0 Å². The summed E-state index contributed by atoms with van der Waals surface area (Å²) in [7, 11) is 1.77. The van der Waals surface area contributed by atoms with Gasteiger partial charge in [0.1, 0.15) is 5.75 Å². The second-order valence-electron chi connectivity index (χ2n) is 5.55. The van der Waals surface area contributed by atoms with Crippen LogP contribution in [0.1, 0.15) is 69.9 Å². The van der Waals surface area contributed by atoms with Crippen molar-refractivity contribution >= 4 is 0 Å². The molecule has 2 rings (SSSR count).